The molecule has 0 spiro atoms. The highest BCUT2D eigenvalue weighted by Gasteiger charge is 2.19. The number of benzene rings is 1. The molecule has 1 heterocycles. The van der Waals surface area contributed by atoms with E-state index in [-0.39, 0.29) is 4.90 Å². The van der Waals surface area contributed by atoms with E-state index in [9.17, 15) is 13.2 Å². The van der Waals surface area contributed by atoms with Crippen LogP contribution in [0.1, 0.15) is 14.5 Å². The van der Waals surface area contributed by atoms with Crippen LogP contribution >= 0.6 is 22.9 Å². The Morgan fingerprint density at radius 3 is 2.58 bits per heavy atom. The fourth-order valence-corrected chi connectivity index (χ4v) is 3.52. The molecule has 2 rings (SSSR count). The van der Waals surface area contributed by atoms with Crippen molar-refractivity contribution in [3.05, 3.63) is 51.2 Å². The van der Waals surface area contributed by atoms with Crippen LogP contribution in [0.25, 0.3) is 0 Å². The van der Waals surface area contributed by atoms with E-state index >= 15 is 0 Å². The lowest BCUT2D eigenvalue weighted by Gasteiger charge is -2.05. The van der Waals surface area contributed by atoms with Crippen molar-refractivity contribution in [2.45, 2.75) is 11.8 Å². The van der Waals surface area contributed by atoms with Crippen LogP contribution in [0.3, 0.4) is 0 Å². The average Bonchev–Trinajstić information content (AvgIpc) is 2.75. The lowest BCUT2D eigenvalue weighted by molar-refractivity contribution is 0.0985. The van der Waals surface area contributed by atoms with E-state index < -0.39 is 15.9 Å². The Bertz CT molecular complexity index is 722. The molecule has 1 N–H and O–H groups in total. The van der Waals surface area contributed by atoms with Gasteiger partial charge in [-0.25, -0.2) is 13.1 Å². The first kappa shape index (κ1) is 14.0. The van der Waals surface area contributed by atoms with Crippen LogP contribution in [-0.4, -0.2) is 14.3 Å². The Labute approximate surface area is 120 Å². The first-order valence-electron chi connectivity index (χ1n) is 5.27. The van der Waals surface area contributed by atoms with Gasteiger partial charge < -0.3 is 0 Å². The molecule has 100 valence electrons. The standard InChI is InChI=1S/C12H10ClNO3S2/c1-8-5-6-11(18-8)12(15)14-19(16,17)10-4-2-3-9(13)7-10/h2-7H,1H3,(H,14,15). The maximum absolute atomic E-state index is 12.0. The van der Waals surface area contributed by atoms with Gasteiger partial charge in [0.2, 0.25) is 0 Å². The lowest BCUT2D eigenvalue weighted by atomic mass is 10.4. The minimum atomic E-state index is -3.90. The van der Waals surface area contributed by atoms with E-state index in [1.54, 1.807) is 18.2 Å². The predicted octanol–water partition coefficient (Wildman–Crippen LogP) is 2.83. The van der Waals surface area contributed by atoms with Crippen molar-refractivity contribution in [2.24, 2.45) is 0 Å². The second kappa shape index (κ2) is 5.32. The zero-order valence-electron chi connectivity index (χ0n) is 9.88. The highest BCUT2D eigenvalue weighted by Crippen LogP contribution is 2.18. The molecule has 0 aliphatic carbocycles. The fourth-order valence-electron chi connectivity index (χ4n) is 1.42. The smallest absolute Gasteiger partial charge is 0.267 e. The maximum atomic E-state index is 12.0. The van der Waals surface area contributed by atoms with Gasteiger partial charge in [-0.15, -0.1) is 11.3 Å². The van der Waals surface area contributed by atoms with Crippen molar-refractivity contribution in [1.29, 1.82) is 0 Å². The first-order chi connectivity index (χ1) is 8.88. The van der Waals surface area contributed by atoms with Gasteiger partial charge in [0, 0.05) is 9.90 Å². The SMILES string of the molecule is Cc1ccc(C(=O)NS(=O)(=O)c2cccc(Cl)c2)s1. The molecule has 0 saturated carbocycles. The van der Waals surface area contributed by atoms with Crippen LogP contribution in [0.4, 0.5) is 0 Å². The summed E-state index contributed by atoms with van der Waals surface area (Å²) in [5, 5.41) is 0.294. The van der Waals surface area contributed by atoms with Gasteiger partial charge in [-0.05, 0) is 37.3 Å². The van der Waals surface area contributed by atoms with Crippen LogP contribution < -0.4 is 4.72 Å². The van der Waals surface area contributed by atoms with Gasteiger partial charge in [0.15, 0.2) is 0 Å². The van der Waals surface area contributed by atoms with E-state index in [0.717, 1.165) is 4.88 Å². The second-order valence-electron chi connectivity index (χ2n) is 3.80. The van der Waals surface area contributed by atoms with Gasteiger partial charge >= 0.3 is 0 Å². The number of hydrogen-bond donors (Lipinski definition) is 1. The Morgan fingerprint density at radius 1 is 1.26 bits per heavy atom. The Hall–Kier alpha value is -1.37. The Kier molecular flexibility index (Phi) is 3.93. The summed E-state index contributed by atoms with van der Waals surface area (Å²) in [6.45, 7) is 1.84. The molecular weight excluding hydrogens is 306 g/mol. The third kappa shape index (κ3) is 3.34. The molecular formula is C12H10ClNO3S2. The monoisotopic (exact) mass is 315 g/mol. The van der Waals surface area contributed by atoms with Crippen LogP contribution in [-0.2, 0) is 10.0 Å². The predicted molar refractivity (Wildman–Crippen MR) is 75.2 cm³/mol. The minimum Gasteiger partial charge on any atom is -0.267 e. The number of thiophene rings is 1. The molecule has 1 aromatic carbocycles. The van der Waals surface area contributed by atoms with Gasteiger partial charge in [-0.2, -0.15) is 0 Å². The van der Waals surface area contributed by atoms with Crippen molar-refractivity contribution in [3.8, 4) is 0 Å². The largest absolute Gasteiger partial charge is 0.275 e. The molecule has 2 aromatic rings. The molecule has 1 aromatic heterocycles. The molecule has 0 atom stereocenters. The van der Waals surface area contributed by atoms with Crippen LogP contribution in [0.2, 0.25) is 5.02 Å². The van der Waals surface area contributed by atoms with Gasteiger partial charge in [0.05, 0.1) is 9.77 Å². The van der Waals surface area contributed by atoms with Crippen LogP contribution in [0.15, 0.2) is 41.3 Å². The average molecular weight is 316 g/mol. The number of carbonyl (C=O) groups excluding carboxylic acids is 1. The summed E-state index contributed by atoms with van der Waals surface area (Å²) in [6.07, 6.45) is 0. The number of halogens is 1. The van der Waals surface area contributed by atoms with E-state index in [1.165, 1.54) is 29.5 Å². The summed E-state index contributed by atoms with van der Waals surface area (Å²) >= 11 is 6.97. The zero-order valence-corrected chi connectivity index (χ0v) is 12.3. The van der Waals surface area contributed by atoms with Crippen LogP contribution in [0, 0.1) is 6.92 Å². The molecule has 0 saturated heterocycles. The van der Waals surface area contributed by atoms with E-state index in [0.29, 0.717) is 9.90 Å². The number of aryl methyl sites for hydroxylation is 1. The molecule has 1 amide bonds. The summed E-state index contributed by atoms with van der Waals surface area (Å²) in [5.41, 5.74) is 0. The topological polar surface area (TPSA) is 63.2 Å². The van der Waals surface area contributed by atoms with Crippen molar-refractivity contribution in [1.82, 2.24) is 4.72 Å². The molecule has 19 heavy (non-hydrogen) atoms. The summed E-state index contributed by atoms with van der Waals surface area (Å²) in [5.74, 6) is -0.641. The summed E-state index contributed by atoms with van der Waals surface area (Å²) in [4.78, 5) is 13.1. The molecule has 0 aliphatic rings. The highest BCUT2D eigenvalue weighted by molar-refractivity contribution is 7.90. The van der Waals surface area contributed by atoms with E-state index in [1.807, 2.05) is 11.6 Å². The summed E-state index contributed by atoms with van der Waals surface area (Å²) in [6, 6.07) is 9.08. The molecule has 0 aliphatic heterocycles. The molecule has 0 bridgehead atoms. The number of nitrogens with one attached hydrogen (secondary N) is 1. The maximum Gasteiger partial charge on any atom is 0.275 e. The molecule has 0 unspecified atom stereocenters. The van der Waals surface area contributed by atoms with Gasteiger partial charge in [-0.3, -0.25) is 4.79 Å². The molecule has 7 heteroatoms. The molecule has 4 nitrogen and oxygen atoms in total. The Morgan fingerprint density at radius 2 is 2.00 bits per heavy atom. The quantitative estimate of drug-likeness (QED) is 0.947. The van der Waals surface area contributed by atoms with Crippen molar-refractivity contribution >= 4 is 38.9 Å². The van der Waals surface area contributed by atoms with Crippen LogP contribution in [0.5, 0.6) is 0 Å². The fraction of sp³-hybridized carbons (Fsp3) is 0.0833. The number of carbonyl (C=O) groups is 1. The number of hydrogen-bond acceptors (Lipinski definition) is 4. The van der Waals surface area contributed by atoms with Crippen molar-refractivity contribution < 1.29 is 13.2 Å². The van der Waals surface area contributed by atoms with Gasteiger partial charge in [0.25, 0.3) is 15.9 Å². The second-order valence-corrected chi connectivity index (χ2v) is 7.21. The lowest BCUT2D eigenvalue weighted by Crippen LogP contribution is -2.29. The third-order valence-electron chi connectivity index (χ3n) is 2.30. The third-order valence-corrected chi connectivity index (χ3v) is 4.86. The normalized spacial score (nSPS) is 11.3. The first-order valence-corrected chi connectivity index (χ1v) is 7.95. The minimum absolute atomic E-state index is 0.0402. The highest BCUT2D eigenvalue weighted by atomic mass is 35.5. The summed E-state index contributed by atoms with van der Waals surface area (Å²) < 4.78 is 26.0. The number of sulfonamides is 1. The van der Waals surface area contributed by atoms with E-state index in [2.05, 4.69) is 0 Å². The van der Waals surface area contributed by atoms with E-state index in [4.69, 9.17) is 11.6 Å². The molecule has 0 radical (unpaired) electrons. The summed E-state index contributed by atoms with van der Waals surface area (Å²) in [7, 11) is -3.90. The van der Waals surface area contributed by atoms with Crippen molar-refractivity contribution in [3.63, 3.8) is 0 Å². The Balaban J connectivity index is 2.25. The zero-order chi connectivity index (χ0) is 14.0. The number of amides is 1. The molecule has 0 fully saturated rings. The van der Waals surface area contributed by atoms with Gasteiger partial charge in [0.1, 0.15) is 0 Å². The number of rotatable bonds is 3. The van der Waals surface area contributed by atoms with Gasteiger partial charge in [-0.1, -0.05) is 17.7 Å². The van der Waals surface area contributed by atoms with Crippen molar-refractivity contribution in [2.75, 3.05) is 0 Å².